The fourth-order valence-corrected chi connectivity index (χ4v) is 2.31. The molecule has 5 heteroatoms. The van der Waals surface area contributed by atoms with E-state index in [9.17, 15) is 4.79 Å². The molecule has 2 aromatic carbocycles. The lowest BCUT2D eigenvalue weighted by Crippen LogP contribution is -2.07. The van der Waals surface area contributed by atoms with Gasteiger partial charge in [0.25, 0.3) is 0 Å². The van der Waals surface area contributed by atoms with Crippen LogP contribution in [0.1, 0.15) is 12.5 Å². The Bertz CT molecular complexity index is 696. The molecule has 0 radical (unpaired) electrons. The van der Waals surface area contributed by atoms with Crippen molar-refractivity contribution in [3.8, 4) is 11.5 Å². The van der Waals surface area contributed by atoms with Gasteiger partial charge in [0.1, 0.15) is 0 Å². The molecule has 2 rings (SSSR count). The van der Waals surface area contributed by atoms with E-state index in [0.717, 1.165) is 14.8 Å². The zero-order valence-corrected chi connectivity index (χ0v) is 15.2. The van der Waals surface area contributed by atoms with E-state index in [0.29, 0.717) is 18.1 Å². The first-order valence-corrected chi connectivity index (χ1v) is 8.25. The van der Waals surface area contributed by atoms with Crippen LogP contribution in [-0.4, -0.2) is 19.6 Å². The second kappa shape index (κ2) is 8.57. The number of benzene rings is 2. The van der Waals surface area contributed by atoms with Crippen LogP contribution in [0.2, 0.25) is 0 Å². The summed E-state index contributed by atoms with van der Waals surface area (Å²) in [5, 5.41) is 2.81. The van der Waals surface area contributed by atoms with Crippen LogP contribution >= 0.6 is 22.6 Å². The van der Waals surface area contributed by atoms with Crippen LogP contribution in [0, 0.1) is 3.57 Å². The van der Waals surface area contributed by atoms with E-state index in [1.165, 1.54) is 6.08 Å². The molecule has 1 amide bonds. The number of carbonyl (C=O) groups is 1. The molecule has 23 heavy (non-hydrogen) atoms. The van der Waals surface area contributed by atoms with E-state index in [1.54, 1.807) is 13.2 Å². The first kappa shape index (κ1) is 17.3. The van der Waals surface area contributed by atoms with Gasteiger partial charge in [0.15, 0.2) is 11.5 Å². The minimum Gasteiger partial charge on any atom is -0.493 e. The molecule has 1 N–H and O–H groups in total. The summed E-state index contributed by atoms with van der Waals surface area (Å²) >= 11 is 2.22. The fraction of sp³-hybridized carbons (Fsp3) is 0.167. The molecule has 0 aromatic heterocycles. The van der Waals surface area contributed by atoms with E-state index < -0.39 is 0 Å². The van der Waals surface area contributed by atoms with E-state index in [-0.39, 0.29) is 5.91 Å². The summed E-state index contributed by atoms with van der Waals surface area (Å²) in [7, 11) is 1.59. The number of halogens is 1. The standard InChI is InChI=1S/C18H18INO3/c1-3-23-16-10-4-13(12-17(16)22-2)5-11-18(21)20-15-8-6-14(19)7-9-15/h4-12H,3H2,1-2H3,(H,20,21). The largest absolute Gasteiger partial charge is 0.493 e. The van der Waals surface area contributed by atoms with Crippen molar-refractivity contribution in [2.75, 3.05) is 19.0 Å². The number of carbonyl (C=O) groups excluding carboxylic acids is 1. The lowest BCUT2D eigenvalue weighted by molar-refractivity contribution is -0.111. The van der Waals surface area contributed by atoms with Crippen molar-refractivity contribution in [1.29, 1.82) is 0 Å². The normalized spacial score (nSPS) is 10.6. The molecule has 0 fully saturated rings. The number of amides is 1. The quantitative estimate of drug-likeness (QED) is 0.555. The summed E-state index contributed by atoms with van der Waals surface area (Å²) in [6, 6.07) is 13.2. The molecule has 0 aliphatic heterocycles. The van der Waals surface area contributed by atoms with Crippen molar-refractivity contribution < 1.29 is 14.3 Å². The van der Waals surface area contributed by atoms with Gasteiger partial charge in [-0.25, -0.2) is 0 Å². The third kappa shape index (κ3) is 5.28. The molecule has 2 aromatic rings. The molecule has 0 heterocycles. The minimum absolute atomic E-state index is 0.181. The van der Waals surface area contributed by atoms with Gasteiger partial charge in [-0.1, -0.05) is 6.07 Å². The van der Waals surface area contributed by atoms with Crippen molar-refractivity contribution in [3.05, 3.63) is 57.7 Å². The van der Waals surface area contributed by atoms with Crippen LogP contribution in [0.4, 0.5) is 5.69 Å². The Labute approximate surface area is 149 Å². The van der Waals surface area contributed by atoms with Crippen LogP contribution in [0.25, 0.3) is 6.08 Å². The Balaban J connectivity index is 2.04. The van der Waals surface area contributed by atoms with Gasteiger partial charge in [-0.05, 0) is 77.6 Å². The number of nitrogens with one attached hydrogen (secondary N) is 1. The number of rotatable bonds is 6. The summed E-state index contributed by atoms with van der Waals surface area (Å²) in [6.45, 7) is 2.49. The molecule has 0 aliphatic rings. The molecular weight excluding hydrogens is 405 g/mol. The molecule has 120 valence electrons. The first-order chi connectivity index (χ1) is 11.1. The maximum Gasteiger partial charge on any atom is 0.248 e. The topological polar surface area (TPSA) is 47.6 Å². The fourth-order valence-electron chi connectivity index (χ4n) is 1.95. The van der Waals surface area contributed by atoms with Crippen LogP contribution in [0.3, 0.4) is 0 Å². The zero-order chi connectivity index (χ0) is 16.7. The zero-order valence-electron chi connectivity index (χ0n) is 13.0. The van der Waals surface area contributed by atoms with Crippen molar-refractivity contribution in [2.24, 2.45) is 0 Å². The molecule has 0 bridgehead atoms. The summed E-state index contributed by atoms with van der Waals surface area (Å²) < 4.78 is 11.9. The Hall–Kier alpha value is -2.02. The van der Waals surface area contributed by atoms with Crippen molar-refractivity contribution >= 4 is 40.3 Å². The molecule has 0 unspecified atom stereocenters. The smallest absolute Gasteiger partial charge is 0.248 e. The third-order valence-electron chi connectivity index (χ3n) is 3.03. The van der Waals surface area contributed by atoms with Crippen LogP contribution < -0.4 is 14.8 Å². The van der Waals surface area contributed by atoms with Gasteiger partial charge >= 0.3 is 0 Å². The Kier molecular flexibility index (Phi) is 6.46. The molecule has 0 spiro atoms. The van der Waals surface area contributed by atoms with Gasteiger partial charge in [0, 0.05) is 15.3 Å². The van der Waals surface area contributed by atoms with Crippen molar-refractivity contribution in [1.82, 2.24) is 0 Å². The van der Waals surface area contributed by atoms with Crippen LogP contribution in [0.5, 0.6) is 11.5 Å². The summed E-state index contributed by atoms with van der Waals surface area (Å²) in [5.74, 6) is 1.15. The van der Waals surface area contributed by atoms with Crippen LogP contribution in [0.15, 0.2) is 48.5 Å². The summed E-state index contributed by atoms with van der Waals surface area (Å²) in [5.41, 5.74) is 1.63. The second-order valence-electron chi connectivity index (χ2n) is 4.67. The van der Waals surface area contributed by atoms with Gasteiger partial charge in [-0.2, -0.15) is 0 Å². The first-order valence-electron chi connectivity index (χ1n) is 7.18. The Morgan fingerprint density at radius 1 is 1.17 bits per heavy atom. The maximum atomic E-state index is 11.9. The maximum absolute atomic E-state index is 11.9. The molecule has 0 atom stereocenters. The minimum atomic E-state index is -0.181. The number of hydrogen-bond donors (Lipinski definition) is 1. The SMILES string of the molecule is CCOc1ccc(C=CC(=O)Nc2ccc(I)cc2)cc1OC. The molecule has 0 saturated heterocycles. The van der Waals surface area contributed by atoms with E-state index in [2.05, 4.69) is 27.9 Å². The molecular formula is C18H18INO3. The van der Waals surface area contributed by atoms with E-state index >= 15 is 0 Å². The van der Waals surface area contributed by atoms with Gasteiger partial charge in [-0.3, -0.25) is 4.79 Å². The van der Waals surface area contributed by atoms with Gasteiger partial charge in [-0.15, -0.1) is 0 Å². The summed E-state index contributed by atoms with van der Waals surface area (Å²) in [6.07, 6.45) is 3.23. The highest BCUT2D eigenvalue weighted by molar-refractivity contribution is 14.1. The van der Waals surface area contributed by atoms with Crippen LogP contribution in [-0.2, 0) is 4.79 Å². The van der Waals surface area contributed by atoms with Gasteiger partial charge < -0.3 is 14.8 Å². The predicted molar refractivity (Wildman–Crippen MR) is 101 cm³/mol. The number of methoxy groups -OCH3 is 1. The highest BCUT2D eigenvalue weighted by Gasteiger charge is 2.04. The summed E-state index contributed by atoms with van der Waals surface area (Å²) in [4.78, 5) is 11.9. The highest BCUT2D eigenvalue weighted by Crippen LogP contribution is 2.28. The van der Waals surface area contributed by atoms with Gasteiger partial charge in [0.2, 0.25) is 5.91 Å². The molecule has 4 nitrogen and oxygen atoms in total. The van der Waals surface area contributed by atoms with E-state index in [4.69, 9.17) is 9.47 Å². The lowest BCUT2D eigenvalue weighted by atomic mass is 10.2. The Morgan fingerprint density at radius 3 is 2.57 bits per heavy atom. The average Bonchev–Trinajstić information content (AvgIpc) is 2.56. The van der Waals surface area contributed by atoms with Gasteiger partial charge in [0.05, 0.1) is 13.7 Å². The molecule has 0 saturated carbocycles. The predicted octanol–water partition coefficient (Wildman–Crippen LogP) is 4.35. The van der Waals surface area contributed by atoms with Crippen molar-refractivity contribution in [2.45, 2.75) is 6.92 Å². The number of hydrogen-bond acceptors (Lipinski definition) is 3. The number of ether oxygens (including phenoxy) is 2. The third-order valence-corrected chi connectivity index (χ3v) is 3.75. The highest BCUT2D eigenvalue weighted by atomic mass is 127. The lowest BCUT2D eigenvalue weighted by Gasteiger charge is -2.09. The Morgan fingerprint density at radius 2 is 1.91 bits per heavy atom. The number of anilines is 1. The van der Waals surface area contributed by atoms with Crippen molar-refractivity contribution in [3.63, 3.8) is 0 Å². The molecule has 0 aliphatic carbocycles. The van der Waals surface area contributed by atoms with E-state index in [1.807, 2.05) is 49.4 Å². The monoisotopic (exact) mass is 423 g/mol. The second-order valence-corrected chi connectivity index (χ2v) is 5.92. The average molecular weight is 423 g/mol.